The first-order valence-corrected chi connectivity index (χ1v) is 7.28. The summed E-state index contributed by atoms with van der Waals surface area (Å²) in [4.78, 5) is 11.1. The van der Waals surface area contributed by atoms with Crippen LogP contribution in [-0.4, -0.2) is 19.2 Å². The zero-order valence-electron chi connectivity index (χ0n) is 12.5. The second kappa shape index (κ2) is 6.64. The van der Waals surface area contributed by atoms with E-state index < -0.39 is 6.09 Å². The minimum Gasteiger partial charge on any atom is -0.453 e. The van der Waals surface area contributed by atoms with Gasteiger partial charge in [0.05, 0.1) is 7.11 Å². The quantitative estimate of drug-likeness (QED) is 0.873. The summed E-state index contributed by atoms with van der Waals surface area (Å²) in [6, 6.07) is 8.31. The predicted molar refractivity (Wildman–Crippen MR) is 82.1 cm³/mol. The first-order chi connectivity index (χ1) is 9.56. The van der Waals surface area contributed by atoms with Crippen LogP contribution in [0.2, 0.25) is 0 Å². The number of ether oxygens (including phenoxy) is 1. The van der Waals surface area contributed by atoms with E-state index in [4.69, 9.17) is 0 Å². The van der Waals surface area contributed by atoms with Gasteiger partial charge in [0.1, 0.15) is 0 Å². The summed E-state index contributed by atoms with van der Waals surface area (Å²) in [7, 11) is 1.36. The minimum atomic E-state index is -0.444. The molecule has 0 radical (unpaired) electrons. The molecule has 1 saturated carbocycles. The van der Waals surface area contributed by atoms with Crippen LogP contribution in [0.25, 0.3) is 0 Å². The average molecular weight is 276 g/mol. The van der Waals surface area contributed by atoms with Crippen LogP contribution >= 0.6 is 0 Å². The van der Waals surface area contributed by atoms with Crippen molar-refractivity contribution in [3.8, 4) is 0 Å². The van der Waals surface area contributed by atoms with E-state index in [0.29, 0.717) is 6.04 Å². The van der Waals surface area contributed by atoms with Crippen molar-refractivity contribution in [3.05, 3.63) is 24.3 Å². The summed E-state index contributed by atoms with van der Waals surface area (Å²) in [5.41, 5.74) is 1.85. The lowest BCUT2D eigenvalue weighted by atomic mass is 9.80. The fourth-order valence-electron chi connectivity index (χ4n) is 3.12. The molecule has 2 unspecified atom stereocenters. The van der Waals surface area contributed by atoms with Crippen molar-refractivity contribution >= 4 is 17.5 Å². The maximum Gasteiger partial charge on any atom is 0.411 e. The summed E-state index contributed by atoms with van der Waals surface area (Å²) in [5.74, 6) is 1.58. The molecule has 0 bridgehead atoms. The van der Waals surface area contributed by atoms with Crippen LogP contribution in [0, 0.1) is 11.8 Å². The van der Waals surface area contributed by atoms with Crippen LogP contribution in [0.5, 0.6) is 0 Å². The molecule has 0 spiro atoms. The molecule has 4 heteroatoms. The Labute approximate surface area is 120 Å². The van der Waals surface area contributed by atoms with Gasteiger partial charge in [-0.25, -0.2) is 4.79 Å². The van der Waals surface area contributed by atoms with Gasteiger partial charge in [-0.05, 0) is 55.4 Å². The van der Waals surface area contributed by atoms with E-state index in [1.807, 2.05) is 24.3 Å². The zero-order valence-corrected chi connectivity index (χ0v) is 12.5. The Morgan fingerprint density at radius 2 is 1.60 bits per heavy atom. The second-order valence-electron chi connectivity index (χ2n) is 5.95. The van der Waals surface area contributed by atoms with Crippen molar-refractivity contribution in [1.82, 2.24) is 0 Å². The molecule has 2 N–H and O–H groups in total. The van der Waals surface area contributed by atoms with E-state index >= 15 is 0 Å². The highest BCUT2D eigenvalue weighted by molar-refractivity contribution is 5.84. The predicted octanol–water partition coefficient (Wildman–Crippen LogP) is 4.10. The molecule has 0 saturated heterocycles. The number of nitrogens with one attached hydrogen (secondary N) is 2. The van der Waals surface area contributed by atoms with Crippen molar-refractivity contribution < 1.29 is 9.53 Å². The van der Waals surface area contributed by atoms with Gasteiger partial charge in [-0.3, -0.25) is 5.32 Å². The van der Waals surface area contributed by atoms with Crippen molar-refractivity contribution in [2.45, 2.75) is 39.2 Å². The lowest BCUT2D eigenvalue weighted by Crippen LogP contribution is -2.30. The Morgan fingerprint density at radius 1 is 1.05 bits per heavy atom. The summed E-state index contributed by atoms with van der Waals surface area (Å²) in [6.07, 6.45) is 3.35. The lowest BCUT2D eigenvalue weighted by molar-refractivity contribution is 0.187. The molecule has 1 aliphatic carbocycles. The van der Waals surface area contributed by atoms with Gasteiger partial charge in [-0.1, -0.05) is 13.8 Å². The topological polar surface area (TPSA) is 50.4 Å². The number of carbonyl (C=O) groups excluding carboxylic acids is 1. The molecule has 20 heavy (non-hydrogen) atoms. The van der Waals surface area contributed by atoms with Gasteiger partial charge < -0.3 is 10.1 Å². The number of benzene rings is 1. The van der Waals surface area contributed by atoms with Crippen molar-refractivity contribution in [3.63, 3.8) is 0 Å². The molecule has 4 nitrogen and oxygen atoms in total. The first-order valence-electron chi connectivity index (χ1n) is 7.28. The molecule has 1 fully saturated rings. The molecule has 1 amide bonds. The SMILES string of the molecule is COC(=O)Nc1ccc(NC2CC(C)CC(C)C2)cc1. The van der Waals surface area contributed by atoms with Crippen LogP contribution < -0.4 is 10.6 Å². The summed E-state index contributed by atoms with van der Waals surface area (Å²) in [5, 5.41) is 6.24. The highest BCUT2D eigenvalue weighted by Gasteiger charge is 2.23. The monoisotopic (exact) mass is 276 g/mol. The summed E-state index contributed by atoms with van der Waals surface area (Å²) < 4.78 is 4.56. The van der Waals surface area contributed by atoms with Crippen LogP contribution in [0.1, 0.15) is 33.1 Å². The van der Waals surface area contributed by atoms with E-state index in [1.54, 1.807) is 0 Å². The molecule has 0 aromatic heterocycles. The third-order valence-electron chi connectivity index (χ3n) is 3.87. The molecule has 1 aliphatic rings. The highest BCUT2D eigenvalue weighted by atomic mass is 16.5. The Bertz CT molecular complexity index is 434. The average Bonchev–Trinajstić information content (AvgIpc) is 2.39. The van der Waals surface area contributed by atoms with Crippen LogP contribution in [0.15, 0.2) is 24.3 Å². The standard InChI is InChI=1S/C16H24N2O2/c1-11-8-12(2)10-15(9-11)17-13-4-6-14(7-5-13)18-16(19)20-3/h4-7,11-12,15,17H,8-10H2,1-3H3,(H,18,19). The molecule has 1 aromatic rings. The van der Waals surface area contributed by atoms with E-state index in [0.717, 1.165) is 23.2 Å². The van der Waals surface area contributed by atoms with Gasteiger partial charge in [0, 0.05) is 17.4 Å². The zero-order chi connectivity index (χ0) is 14.5. The molecular formula is C16H24N2O2. The molecular weight excluding hydrogens is 252 g/mol. The Morgan fingerprint density at radius 3 is 2.15 bits per heavy atom. The number of hydrogen-bond acceptors (Lipinski definition) is 3. The van der Waals surface area contributed by atoms with Crippen molar-refractivity contribution in [2.75, 3.05) is 17.7 Å². The van der Waals surface area contributed by atoms with E-state index in [-0.39, 0.29) is 0 Å². The molecule has 2 atom stereocenters. The Balaban J connectivity index is 1.91. The normalized spacial score (nSPS) is 25.9. The minimum absolute atomic E-state index is 0.444. The van der Waals surface area contributed by atoms with Gasteiger partial charge in [-0.15, -0.1) is 0 Å². The van der Waals surface area contributed by atoms with Gasteiger partial charge >= 0.3 is 6.09 Å². The molecule has 0 aliphatic heterocycles. The van der Waals surface area contributed by atoms with Gasteiger partial charge in [0.15, 0.2) is 0 Å². The highest BCUT2D eigenvalue weighted by Crippen LogP contribution is 2.30. The number of anilines is 2. The number of amides is 1. The maximum absolute atomic E-state index is 11.1. The number of hydrogen-bond donors (Lipinski definition) is 2. The smallest absolute Gasteiger partial charge is 0.411 e. The van der Waals surface area contributed by atoms with Crippen molar-refractivity contribution in [2.24, 2.45) is 11.8 Å². The van der Waals surface area contributed by atoms with E-state index in [2.05, 4.69) is 29.2 Å². The molecule has 2 rings (SSSR count). The number of methoxy groups -OCH3 is 1. The fraction of sp³-hybridized carbons (Fsp3) is 0.562. The van der Waals surface area contributed by atoms with Crippen LogP contribution in [-0.2, 0) is 4.74 Å². The number of rotatable bonds is 3. The van der Waals surface area contributed by atoms with Crippen LogP contribution in [0.3, 0.4) is 0 Å². The molecule has 1 aromatic carbocycles. The third kappa shape index (κ3) is 4.15. The maximum atomic E-state index is 11.1. The van der Waals surface area contributed by atoms with Crippen LogP contribution in [0.4, 0.5) is 16.2 Å². The molecule has 110 valence electrons. The first kappa shape index (κ1) is 14.7. The Kier molecular flexibility index (Phi) is 4.88. The third-order valence-corrected chi connectivity index (χ3v) is 3.87. The lowest BCUT2D eigenvalue weighted by Gasteiger charge is -2.32. The Hall–Kier alpha value is -1.71. The summed E-state index contributed by atoms with van der Waals surface area (Å²) in [6.45, 7) is 4.65. The van der Waals surface area contributed by atoms with E-state index in [1.165, 1.54) is 26.4 Å². The van der Waals surface area contributed by atoms with Gasteiger partial charge in [0.2, 0.25) is 0 Å². The van der Waals surface area contributed by atoms with Gasteiger partial charge in [-0.2, -0.15) is 0 Å². The fourth-order valence-corrected chi connectivity index (χ4v) is 3.12. The number of carbonyl (C=O) groups is 1. The summed E-state index contributed by atoms with van der Waals surface area (Å²) >= 11 is 0. The molecule has 0 heterocycles. The second-order valence-corrected chi connectivity index (χ2v) is 5.95. The van der Waals surface area contributed by atoms with E-state index in [9.17, 15) is 4.79 Å². The largest absolute Gasteiger partial charge is 0.453 e. The van der Waals surface area contributed by atoms with Crippen molar-refractivity contribution in [1.29, 1.82) is 0 Å². The van der Waals surface area contributed by atoms with Gasteiger partial charge in [0.25, 0.3) is 0 Å².